The lowest BCUT2D eigenvalue weighted by molar-refractivity contribution is 1.63. The molecule has 0 bridgehead atoms. The smallest absolute Gasteiger partial charge is 0.194 e. The molecule has 4 aromatic carbocycles. The van der Waals surface area contributed by atoms with Crippen molar-refractivity contribution in [1.29, 1.82) is 0 Å². The van der Waals surface area contributed by atoms with Gasteiger partial charge in [0.2, 0.25) is 0 Å². The van der Waals surface area contributed by atoms with E-state index < -0.39 is 0 Å². The first-order chi connectivity index (χ1) is 12.5. The molecule has 0 N–H and O–H groups in total. The van der Waals surface area contributed by atoms with Gasteiger partial charge in [-0.1, -0.05) is 44.0 Å². The van der Waals surface area contributed by atoms with Crippen LogP contribution in [0.3, 0.4) is 0 Å². The van der Waals surface area contributed by atoms with Gasteiger partial charge in [-0.2, -0.15) is 0 Å². The summed E-state index contributed by atoms with van der Waals surface area (Å²) >= 11 is 7.01. The Labute approximate surface area is 163 Å². The maximum atomic E-state index is 13.3. The lowest BCUT2D eigenvalue weighted by atomic mass is 9.81. The van der Waals surface area contributed by atoms with Crippen LogP contribution >= 0.6 is 31.9 Å². The number of rotatable bonds is 0. The minimum atomic E-state index is 0.0149. The minimum absolute atomic E-state index is 0.0149. The molecule has 0 radical (unpaired) electrons. The molecular weight excluding hydrogens is 456 g/mol. The highest BCUT2D eigenvalue weighted by atomic mass is 79.9. The minimum Gasteiger partial charge on any atom is -0.289 e. The van der Waals surface area contributed by atoms with Crippen LogP contribution in [-0.4, -0.2) is 0 Å². The van der Waals surface area contributed by atoms with E-state index in [0.29, 0.717) is 21.5 Å². The normalized spacial score (nSPS) is 12.5. The number of benzene rings is 6. The quantitative estimate of drug-likeness (QED) is 0.205. The molecule has 0 spiro atoms. The number of hydrogen-bond acceptors (Lipinski definition) is 2. The molecule has 26 heavy (non-hydrogen) atoms. The molecule has 0 heterocycles. The maximum absolute atomic E-state index is 13.3. The molecule has 0 fully saturated rings. The molecule has 0 unspecified atom stereocenters. The molecule has 0 aromatic heterocycles. The summed E-state index contributed by atoms with van der Waals surface area (Å²) in [5.41, 5.74) is 1.84. The van der Waals surface area contributed by atoms with Crippen molar-refractivity contribution in [3.63, 3.8) is 0 Å². The average Bonchev–Trinajstić information content (AvgIpc) is 2.62. The van der Waals surface area contributed by atoms with Gasteiger partial charge in [-0.3, -0.25) is 9.59 Å². The van der Waals surface area contributed by atoms with E-state index in [2.05, 4.69) is 31.9 Å². The van der Waals surface area contributed by atoms with Gasteiger partial charge < -0.3 is 0 Å². The summed E-state index contributed by atoms with van der Waals surface area (Å²) < 4.78 is 1.73. The molecule has 0 saturated carbocycles. The fourth-order valence-corrected chi connectivity index (χ4v) is 5.36. The maximum Gasteiger partial charge on any atom is 0.194 e. The third kappa shape index (κ3) is 1.62. The SMILES string of the molecule is O=c1c2ccc3cc(Br)cc4c(=O)c5ccc6cc(Br)cc1c6c5-c2c34. The molecule has 2 nitrogen and oxygen atoms in total. The van der Waals surface area contributed by atoms with Crippen LogP contribution in [0.2, 0.25) is 0 Å². The van der Waals surface area contributed by atoms with Gasteiger partial charge in [0, 0.05) is 52.4 Å². The number of hydrogen-bond donors (Lipinski definition) is 0. The summed E-state index contributed by atoms with van der Waals surface area (Å²) in [6.07, 6.45) is 0. The fraction of sp³-hybridized carbons (Fsp3) is 0. The Morgan fingerprint density at radius 1 is 0.538 bits per heavy atom. The third-order valence-corrected chi connectivity index (χ3v) is 6.31. The molecular formula is C22H8Br2O2. The van der Waals surface area contributed by atoms with E-state index >= 15 is 0 Å². The van der Waals surface area contributed by atoms with Crippen molar-refractivity contribution in [3.05, 3.63) is 77.9 Å². The topological polar surface area (TPSA) is 34.1 Å². The predicted octanol–water partition coefficient (Wildman–Crippen LogP) is 5.96. The van der Waals surface area contributed by atoms with Gasteiger partial charge in [-0.05, 0) is 47.2 Å². The van der Waals surface area contributed by atoms with Gasteiger partial charge in [-0.15, -0.1) is 0 Å². The average molecular weight is 464 g/mol. The second-order valence-electron chi connectivity index (χ2n) is 6.74. The molecule has 4 aromatic rings. The van der Waals surface area contributed by atoms with Gasteiger partial charge >= 0.3 is 0 Å². The van der Waals surface area contributed by atoms with Crippen LogP contribution in [0.1, 0.15) is 0 Å². The zero-order valence-electron chi connectivity index (χ0n) is 13.2. The summed E-state index contributed by atoms with van der Waals surface area (Å²) in [6, 6.07) is 15.4. The Kier molecular flexibility index (Phi) is 2.68. The fourth-order valence-electron chi connectivity index (χ4n) is 4.41. The second kappa shape index (κ2) is 4.70. The van der Waals surface area contributed by atoms with Crippen LogP contribution in [0.5, 0.6) is 0 Å². The molecule has 122 valence electrons. The molecule has 0 atom stereocenters. The largest absolute Gasteiger partial charge is 0.289 e. The molecule has 0 saturated heterocycles. The van der Waals surface area contributed by atoms with Crippen molar-refractivity contribution in [2.24, 2.45) is 0 Å². The van der Waals surface area contributed by atoms with Gasteiger partial charge in [0.25, 0.3) is 0 Å². The highest BCUT2D eigenvalue weighted by Gasteiger charge is 2.25. The van der Waals surface area contributed by atoms with Crippen molar-refractivity contribution in [2.45, 2.75) is 0 Å². The van der Waals surface area contributed by atoms with Crippen molar-refractivity contribution < 1.29 is 0 Å². The van der Waals surface area contributed by atoms with Crippen molar-refractivity contribution >= 4 is 74.9 Å². The zero-order valence-corrected chi connectivity index (χ0v) is 16.4. The number of halogens is 2. The van der Waals surface area contributed by atoms with Crippen LogP contribution in [0.15, 0.2) is 67.1 Å². The molecule has 0 aliphatic heterocycles. The molecule has 0 amide bonds. The van der Waals surface area contributed by atoms with E-state index in [4.69, 9.17) is 0 Å². The predicted molar refractivity (Wildman–Crippen MR) is 115 cm³/mol. The lowest BCUT2D eigenvalue weighted by Crippen LogP contribution is -2.13. The summed E-state index contributed by atoms with van der Waals surface area (Å²) in [7, 11) is 0. The van der Waals surface area contributed by atoms with Crippen LogP contribution in [0.25, 0.3) is 54.2 Å². The third-order valence-electron chi connectivity index (χ3n) is 5.39. The standard InChI is InChI=1S/C22H8Br2O2/c23-11-5-9-1-3-13-19-17(9)15(7-11)22(26)14-4-2-10-6-12(24)8-16(21(13)25)18(10)20(14)19/h1-8H. The Hall–Kier alpha value is -2.30. The first kappa shape index (κ1) is 14.8. The lowest BCUT2D eigenvalue weighted by Gasteiger charge is -2.20. The van der Waals surface area contributed by atoms with Crippen LogP contribution in [0.4, 0.5) is 0 Å². The van der Waals surface area contributed by atoms with Crippen LogP contribution < -0.4 is 10.9 Å². The van der Waals surface area contributed by atoms with Crippen LogP contribution in [0, 0.1) is 0 Å². The van der Waals surface area contributed by atoms with Crippen LogP contribution in [-0.2, 0) is 0 Å². The van der Waals surface area contributed by atoms with Crippen molar-refractivity contribution in [1.82, 2.24) is 0 Å². The Balaban J connectivity index is 2.14. The highest BCUT2D eigenvalue weighted by molar-refractivity contribution is 9.10. The summed E-state index contributed by atoms with van der Waals surface area (Å²) in [5, 5.41) is 6.38. The first-order valence-corrected chi connectivity index (χ1v) is 9.75. The van der Waals surface area contributed by atoms with E-state index in [9.17, 15) is 9.59 Å². The Morgan fingerprint density at radius 3 is 1.38 bits per heavy atom. The van der Waals surface area contributed by atoms with E-state index in [0.717, 1.165) is 41.6 Å². The summed E-state index contributed by atoms with van der Waals surface area (Å²) in [6.45, 7) is 0. The first-order valence-electron chi connectivity index (χ1n) is 8.17. The van der Waals surface area contributed by atoms with E-state index in [1.165, 1.54) is 0 Å². The van der Waals surface area contributed by atoms with Gasteiger partial charge in [-0.25, -0.2) is 0 Å². The monoisotopic (exact) mass is 462 g/mol. The van der Waals surface area contributed by atoms with Gasteiger partial charge in [0.1, 0.15) is 0 Å². The zero-order chi connectivity index (χ0) is 17.7. The van der Waals surface area contributed by atoms with Gasteiger partial charge in [0.15, 0.2) is 10.9 Å². The van der Waals surface area contributed by atoms with Gasteiger partial charge in [0.05, 0.1) is 0 Å². The van der Waals surface area contributed by atoms with Crippen molar-refractivity contribution in [2.75, 3.05) is 0 Å². The van der Waals surface area contributed by atoms with E-state index in [-0.39, 0.29) is 10.9 Å². The molecule has 2 aliphatic rings. The second-order valence-corrected chi connectivity index (χ2v) is 8.57. The Morgan fingerprint density at radius 2 is 0.962 bits per heavy atom. The summed E-state index contributed by atoms with van der Waals surface area (Å²) in [4.78, 5) is 26.5. The summed E-state index contributed by atoms with van der Waals surface area (Å²) in [5.74, 6) is 0. The Bertz CT molecular complexity index is 1470. The highest BCUT2D eigenvalue weighted by Crippen LogP contribution is 2.45. The van der Waals surface area contributed by atoms with Crippen molar-refractivity contribution in [3.8, 4) is 11.1 Å². The van der Waals surface area contributed by atoms with E-state index in [1.807, 2.05) is 48.5 Å². The molecule has 6 rings (SSSR count). The molecule has 4 heteroatoms. The molecule has 2 aliphatic carbocycles. The van der Waals surface area contributed by atoms with E-state index in [1.54, 1.807) is 0 Å².